The number of hydrogen-bond donors (Lipinski definition) is 2. The van der Waals surface area contributed by atoms with Gasteiger partial charge < -0.3 is 15.2 Å². The van der Waals surface area contributed by atoms with E-state index in [0.29, 0.717) is 6.54 Å². The van der Waals surface area contributed by atoms with E-state index in [9.17, 15) is 4.79 Å². The zero-order valence-corrected chi connectivity index (χ0v) is 10.9. The molecule has 1 saturated heterocycles. The molecule has 0 aromatic carbocycles. The Balaban J connectivity index is 1.63. The Labute approximate surface area is 110 Å². The van der Waals surface area contributed by atoms with Gasteiger partial charge in [-0.2, -0.15) is 0 Å². The van der Waals surface area contributed by atoms with E-state index in [1.54, 1.807) is 5.38 Å². The minimum atomic E-state index is -0.959. The molecule has 1 aliphatic heterocycles. The van der Waals surface area contributed by atoms with Gasteiger partial charge in [0.15, 0.2) is 0 Å². The van der Waals surface area contributed by atoms with Crippen molar-refractivity contribution < 1.29 is 14.6 Å². The summed E-state index contributed by atoms with van der Waals surface area (Å²) < 4.78 is 5.27. The second-order valence-electron chi connectivity index (χ2n) is 4.08. The molecule has 0 bridgehead atoms. The van der Waals surface area contributed by atoms with E-state index in [1.807, 2.05) is 0 Å². The van der Waals surface area contributed by atoms with E-state index in [0.717, 1.165) is 45.1 Å². The van der Waals surface area contributed by atoms with Gasteiger partial charge in [-0.15, -0.1) is 11.3 Å². The average molecular weight is 271 g/mol. The lowest BCUT2D eigenvalue weighted by Crippen LogP contribution is -2.40. The minimum absolute atomic E-state index is 0.153. The molecular weight excluding hydrogens is 254 g/mol. The standard InChI is InChI=1S/C11H17N3O3S/c15-11(16)10-13-9(8-18-10)7-12-1-2-14-3-5-17-6-4-14/h8,12H,1-7H2,(H,15,16). The summed E-state index contributed by atoms with van der Waals surface area (Å²) in [6.07, 6.45) is 0. The fourth-order valence-electron chi connectivity index (χ4n) is 1.76. The maximum absolute atomic E-state index is 10.7. The predicted octanol–water partition coefficient (Wildman–Crippen LogP) is 0.263. The molecule has 7 heteroatoms. The largest absolute Gasteiger partial charge is 0.476 e. The molecule has 0 radical (unpaired) electrons. The summed E-state index contributed by atoms with van der Waals surface area (Å²) in [6, 6.07) is 0. The van der Waals surface area contributed by atoms with Gasteiger partial charge in [-0.05, 0) is 0 Å². The van der Waals surface area contributed by atoms with Crippen LogP contribution in [-0.2, 0) is 11.3 Å². The molecule has 6 nitrogen and oxygen atoms in total. The molecule has 0 saturated carbocycles. The number of ether oxygens (including phenoxy) is 1. The molecule has 100 valence electrons. The molecule has 1 aromatic heterocycles. The molecule has 0 spiro atoms. The number of rotatable bonds is 6. The topological polar surface area (TPSA) is 74.7 Å². The Bertz CT molecular complexity index is 391. The molecule has 2 heterocycles. The Kier molecular flexibility index (Phi) is 5.06. The van der Waals surface area contributed by atoms with Crippen LogP contribution >= 0.6 is 11.3 Å². The second-order valence-corrected chi connectivity index (χ2v) is 4.94. The van der Waals surface area contributed by atoms with Crippen LogP contribution < -0.4 is 5.32 Å². The number of morpholine rings is 1. The molecule has 0 amide bonds. The SMILES string of the molecule is O=C(O)c1nc(CNCCN2CCOCC2)cs1. The summed E-state index contributed by atoms with van der Waals surface area (Å²) in [5.41, 5.74) is 0.791. The smallest absolute Gasteiger partial charge is 0.365 e. The Hall–Kier alpha value is -1.02. The summed E-state index contributed by atoms with van der Waals surface area (Å²) in [5, 5.41) is 14.0. The maximum atomic E-state index is 10.7. The number of hydrogen-bond acceptors (Lipinski definition) is 6. The van der Waals surface area contributed by atoms with Gasteiger partial charge in [0.1, 0.15) is 0 Å². The van der Waals surface area contributed by atoms with Crippen LogP contribution in [-0.4, -0.2) is 60.4 Å². The first-order chi connectivity index (χ1) is 8.75. The van der Waals surface area contributed by atoms with E-state index >= 15 is 0 Å². The van der Waals surface area contributed by atoms with Gasteiger partial charge in [-0.1, -0.05) is 0 Å². The van der Waals surface area contributed by atoms with Gasteiger partial charge in [-0.3, -0.25) is 4.90 Å². The third kappa shape index (κ3) is 4.02. The van der Waals surface area contributed by atoms with Crippen molar-refractivity contribution in [3.8, 4) is 0 Å². The highest BCUT2D eigenvalue weighted by Crippen LogP contribution is 2.09. The molecular formula is C11H17N3O3S. The third-order valence-corrected chi connectivity index (χ3v) is 3.63. The first kappa shape index (κ1) is 13.4. The van der Waals surface area contributed by atoms with Gasteiger partial charge in [0, 0.05) is 38.1 Å². The van der Waals surface area contributed by atoms with E-state index in [1.165, 1.54) is 11.3 Å². The zero-order valence-electron chi connectivity index (χ0n) is 10.1. The first-order valence-corrected chi connectivity index (χ1v) is 6.82. The molecule has 1 aliphatic rings. The molecule has 0 atom stereocenters. The molecule has 2 N–H and O–H groups in total. The third-order valence-electron chi connectivity index (χ3n) is 2.75. The number of nitrogens with one attached hydrogen (secondary N) is 1. The number of aromatic carboxylic acids is 1. The number of carboxylic acid groups (broad SMARTS) is 1. The minimum Gasteiger partial charge on any atom is -0.476 e. The van der Waals surface area contributed by atoms with E-state index in [-0.39, 0.29) is 5.01 Å². The lowest BCUT2D eigenvalue weighted by atomic mass is 10.4. The van der Waals surface area contributed by atoms with Crippen molar-refractivity contribution in [1.29, 1.82) is 0 Å². The summed E-state index contributed by atoms with van der Waals surface area (Å²) >= 11 is 1.17. The Morgan fingerprint density at radius 3 is 3.00 bits per heavy atom. The van der Waals surface area contributed by atoms with Crippen LogP contribution in [0.5, 0.6) is 0 Å². The van der Waals surface area contributed by atoms with Crippen LogP contribution in [0.2, 0.25) is 0 Å². The number of thiazole rings is 1. The van der Waals surface area contributed by atoms with Gasteiger partial charge in [0.25, 0.3) is 0 Å². The van der Waals surface area contributed by atoms with Crippen molar-refractivity contribution in [3.63, 3.8) is 0 Å². The van der Waals surface area contributed by atoms with Crippen molar-refractivity contribution in [1.82, 2.24) is 15.2 Å². The van der Waals surface area contributed by atoms with Crippen LogP contribution in [0.25, 0.3) is 0 Å². The molecule has 18 heavy (non-hydrogen) atoms. The second kappa shape index (κ2) is 6.79. The lowest BCUT2D eigenvalue weighted by Gasteiger charge is -2.26. The molecule has 0 unspecified atom stereocenters. The number of carbonyl (C=O) groups is 1. The summed E-state index contributed by atoms with van der Waals surface area (Å²) in [6.45, 7) is 6.08. The molecule has 2 rings (SSSR count). The Morgan fingerprint density at radius 1 is 1.56 bits per heavy atom. The number of carboxylic acids is 1. The fourth-order valence-corrected chi connectivity index (χ4v) is 2.42. The highest BCUT2D eigenvalue weighted by atomic mass is 32.1. The number of aromatic nitrogens is 1. The fraction of sp³-hybridized carbons (Fsp3) is 0.636. The van der Waals surface area contributed by atoms with E-state index in [4.69, 9.17) is 9.84 Å². The number of nitrogens with zero attached hydrogens (tertiary/aromatic N) is 2. The van der Waals surface area contributed by atoms with Crippen molar-refractivity contribution in [3.05, 3.63) is 16.1 Å². The van der Waals surface area contributed by atoms with Crippen LogP contribution in [0.3, 0.4) is 0 Å². The van der Waals surface area contributed by atoms with Gasteiger partial charge in [0.2, 0.25) is 5.01 Å². The molecule has 1 aromatic rings. The summed E-state index contributed by atoms with van der Waals surface area (Å²) in [5.74, 6) is -0.959. The Morgan fingerprint density at radius 2 is 2.33 bits per heavy atom. The van der Waals surface area contributed by atoms with Crippen molar-refractivity contribution in [2.45, 2.75) is 6.54 Å². The van der Waals surface area contributed by atoms with Gasteiger partial charge in [0.05, 0.1) is 18.9 Å². The maximum Gasteiger partial charge on any atom is 0.365 e. The lowest BCUT2D eigenvalue weighted by molar-refractivity contribution is 0.0384. The van der Waals surface area contributed by atoms with Crippen LogP contribution in [0.15, 0.2) is 5.38 Å². The van der Waals surface area contributed by atoms with Gasteiger partial charge >= 0.3 is 5.97 Å². The van der Waals surface area contributed by atoms with Crippen LogP contribution in [0.4, 0.5) is 0 Å². The molecule has 1 fully saturated rings. The first-order valence-electron chi connectivity index (χ1n) is 5.94. The van der Waals surface area contributed by atoms with Gasteiger partial charge in [-0.25, -0.2) is 9.78 Å². The highest BCUT2D eigenvalue weighted by Gasteiger charge is 2.10. The zero-order chi connectivity index (χ0) is 12.8. The monoisotopic (exact) mass is 271 g/mol. The van der Waals surface area contributed by atoms with Crippen molar-refractivity contribution in [2.24, 2.45) is 0 Å². The van der Waals surface area contributed by atoms with Crippen LogP contribution in [0.1, 0.15) is 15.5 Å². The quantitative estimate of drug-likeness (QED) is 0.723. The molecule has 0 aliphatic carbocycles. The van der Waals surface area contributed by atoms with E-state index < -0.39 is 5.97 Å². The average Bonchev–Trinajstić information content (AvgIpc) is 2.85. The predicted molar refractivity (Wildman–Crippen MR) is 68.0 cm³/mol. The van der Waals surface area contributed by atoms with Crippen molar-refractivity contribution >= 4 is 17.3 Å². The van der Waals surface area contributed by atoms with E-state index in [2.05, 4.69) is 15.2 Å². The van der Waals surface area contributed by atoms with Crippen LogP contribution in [0, 0.1) is 0 Å². The highest BCUT2D eigenvalue weighted by molar-refractivity contribution is 7.11. The van der Waals surface area contributed by atoms with Crippen molar-refractivity contribution in [2.75, 3.05) is 39.4 Å². The normalized spacial score (nSPS) is 16.9. The summed E-state index contributed by atoms with van der Waals surface area (Å²) in [4.78, 5) is 17.0. The summed E-state index contributed by atoms with van der Waals surface area (Å²) in [7, 11) is 0.